The molecule has 9 bridgehead atoms. The van der Waals surface area contributed by atoms with Crippen molar-refractivity contribution in [3.05, 3.63) is 36.5 Å². The molecule has 0 aromatic carbocycles. The summed E-state index contributed by atoms with van der Waals surface area (Å²) in [6.07, 6.45) is 8.23. The van der Waals surface area contributed by atoms with Crippen molar-refractivity contribution >= 4 is 23.5 Å². The predicted octanol–water partition coefficient (Wildman–Crippen LogP) is 5.61. The molecule has 7 aliphatic heterocycles. The van der Waals surface area contributed by atoms with E-state index in [1.54, 1.807) is 20.3 Å². The van der Waals surface area contributed by atoms with Crippen molar-refractivity contribution in [1.82, 2.24) is 0 Å². The van der Waals surface area contributed by atoms with Crippen LogP contribution >= 0.6 is 11.6 Å². The van der Waals surface area contributed by atoms with Gasteiger partial charge in [0.15, 0.2) is 23.5 Å². The number of halogens is 1. The van der Waals surface area contributed by atoms with Crippen LogP contribution in [0.2, 0.25) is 0 Å². The van der Waals surface area contributed by atoms with Gasteiger partial charge in [0, 0.05) is 64.6 Å². The second-order valence-corrected chi connectivity index (χ2v) is 22.1. The molecule has 7 aliphatic rings. The fourth-order valence-electron chi connectivity index (χ4n) is 11.9. The van der Waals surface area contributed by atoms with E-state index in [0.29, 0.717) is 70.6 Å². The Balaban J connectivity index is 1.13. The van der Waals surface area contributed by atoms with Crippen LogP contribution in [0, 0.1) is 17.8 Å². The summed E-state index contributed by atoms with van der Waals surface area (Å²) in [5.41, 5.74) is 0. The molecule has 1 unspecified atom stereocenters. The maximum Gasteiger partial charge on any atom is 0.335 e. The highest BCUT2D eigenvalue weighted by Gasteiger charge is 2.61. The van der Waals surface area contributed by atoms with E-state index in [2.05, 4.69) is 11.7 Å². The number of hydrogen-bond acceptors (Lipinski definition) is 17. The third-order valence-corrected chi connectivity index (χ3v) is 16.8. The van der Waals surface area contributed by atoms with Crippen molar-refractivity contribution in [2.24, 2.45) is 17.8 Å². The number of hydrogen-bond donors (Lipinski definition) is 5. The van der Waals surface area contributed by atoms with Crippen molar-refractivity contribution in [3.63, 3.8) is 0 Å². The zero-order valence-corrected chi connectivity index (χ0v) is 43.4. The van der Waals surface area contributed by atoms with E-state index in [4.69, 9.17) is 54.2 Å². The SMILES string of the molecule is COC(=O)[C@H](O)C/C=C\C/C=C/C[C@@H]1OC23C[C@@H]1OC(=O)C[C@H]1CCC[C@@H](C[C@@H](O)C[C@H](O)C[C@H]4O[C@]5(C=C[C@@H]4C)CC[C@H](OC)[C@H](O5)[C@@H](O)[C@@H](O)[C@@H](C)CC[C@H]4O[C@@](CC[C@@H]2C)(C[C@@H](OC)[C@@H]4Cl)O3)O1. The number of alkyl halides is 1. The number of aliphatic hydroxyl groups excluding tert-OH is 5. The van der Waals surface area contributed by atoms with Gasteiger partial charge in [0.1, 0.15) is 24.4 Å². The monoisotopic (exact) mass is 1030 g/mol. The molecule has 0 radical (unpaired) electrons. The highest BCUT2D eigenvalue weighted by molar-refractivity contribution is 6.21. The second-order valence-electron chi connectivity index (χ2n) is 21.6. The number of allylic oxidation sites excluding steroid dienone is 2. The van der Waals surface area contributed by atoms with Gasteiger partial charge in [0.2, 0.25) is 0 Å². The molecule has 17 nitrogen and oxygen atoms in total. The number of carbonyl (C=O) groups excluding carboxylic acids is 2. The third-order valence-electron chi connectivity index (χ3n) is 16.3. The lowest BCUT2D eigenvalue weighted by Gasteiger charge is -2.54. The lowest BCUT2D eigenvalue weighted by molar-refractivity contribution is -0.413. The number of aliphatic hydroxyl groups is 5. The minimum absolute atomic E-state index is 0.0195. The average molecular weight is 1030 g/mol. The smallest absolute Gasteiger partial charge is 0.335 e. The van der Waals surface area contributed by atoms with Gasteiger partial charge in [-0.2, -0.15) is 0 Å². The number of carbonyl (C=O) groups is 2. The molecule has 3 spiro atoms. The van der Waals surface area contributed by atoms with Crippen LogP contribution in [-0.4, -0.2) is 167 Å². The van der Waals surface area contributed by atoms with Crippen LogP contribution in [-0.2, 0) is 57.0 Å². The second kappa shape index (κ2) is 25.2. The third kappa shape index (κ3) is 14.1. The molecule has 18 heteroatoms. The molecule has 0 aliphatic carbocycles. The molecule has 7 heterocycles. The van der Waals surface area contributed by atoms with E-state index < -0.39 is 120 Å². The first-order chi connectivity index (χ1) is 33.9. The van der Waals surface area contributed by atoms with Crippen LogP contribution in [0.5, 0.6) is 0 Å². The first kappa shape index (κ1) is 56.7. The van der Waals surface area contributed by atoms with E-state index in [1.165, 1.54) is 7.11 Å². The molecule has 0 saturated carbocycles. The van der Waals surface area contributed by atoms with Crippen LogP contribution in [0.25, 0.3) is 0 Å². The van der Waals surface area contributed by atoms with Crippen molar-refractivity contribution in [2.45, 2.75) is 245 Å². The summed E-state index contributed by atoms with van der Waals surface area (Å²) >= 11 is 7.16. The van der Waals surface area contributed by atoms with Gasteiger partial charge in [0.25, 0.3) is 0 Å². The molecule has 7 rings (SSSR count). The number of esters is 2. The van der Waals surface area contributed by atoms with Crippen LogP contribution < -0.4 is 0 Å². The number of rotatable bonds is 9. The Bertz CT molecular complexity index is 1820. The molecular formula is C53H83ClO17. The van der Waals surface area contributed by atoms with Crippen LogP contribution in [0.1, 0.15) is 136 Å². The average Bonchev–Trinajstić information content (AvgIpc) is 3.68. The van der Waals surface area contributed by atoms with Gasteiger partial charge in [0.05, 0.1) is 73.8 Å². The fourth-order valence-corrected chi connectivity index (χ4v) is 12.3. The molecule has 21 atom stereocenters. The van der Waals surface area contributed by atoms with Crippen LogP contribution in [0.4, 0.5) is 0 Å². The Labute approximate surface area is 424 Å². The maximum absolute atomic E-state index is 13.9. The molecule has 0 aromatic rings. The normalized spacial score (nSPS) is 45.7. The summed E-state index contributed by atoms with van der Waals surface area (Å²) in [6.45, 7) is 5.94. The minimum atomic E-state index is -1.34. The molecule has 0 amide bonds. The lowest BCUT2D eigenvalue weighted by atomic mass is 9.82. The van der Waals surface area contributed by atoms with E-state index >= 15 is 0 Å². The van der Waals surface area contributed by atoms with Gasteiger partial charge in [-0.1, -0.05) is 51.2 Å². The topological polar surface area (TPSA) is 228 Å². The standard InChI is InChI=1S/C53H83ClO17/c1-31-19-22-51-24-21-41(62-4)49(70-51)48(60)47(59)32(2)17-18-40-46(54)44(63-5)29-52(67-40)23-20-33(3)53(71-52)30-43(39(69-53)16-11-9-7-8-10-15-38(57)50(61)64-6)66-45(58)28-37-14-12-13-36(65-37)26-34(55)25-35(56)27-42(31)68-51/h8-11,19,22,31-44,46-49,55-57,59-60H,7,12-18,20-21,23-30H2,1-6H3/b10-8-,11-9+/t31-,32-,33-,34-,35-,36-,37+,38+,39-,40+,41-,42+,43-,44+,46+,47-,48-,49-,51-,52+,53?/m0/s1. The molecule has 0 aromatic heterocycles. The first-order valence-electron chi connectivity index (χ1n) is 26.3. The minimum Gasteiger partial charge on any atom is -0.467 e. The van der Waals surface area contributed by atoms with Crippen LogP contribution in [0.3, 0.4) is 0 Å². The predicted molar refractivity (Wildman–Crippen MR) is 259 cm³/mol. The lowest BCUT2D eigenvalue weighted by Crippen LogP contribution is -2.61. The number of fused-ring (bicyclic) bond motifs is 6. The van der Waals surface area contributed by atoms with Gasteiger partial charge < -0.3 is 72.9 Å². The highest BCUT2D eigenvalue weighted by atomic mass is 35.5. The van der Waals surface area contributed by atoms with Crippen molar-refractivity contribution in [3.8, 4) is 0 Å². The molecule has 71 heavy (non-hydrogen) atoms. The van der Waals surface area contributed by atoms with Crippen LogP contribution in [0.15, 0.2) is 36.5 Å². The Hall–Kier alpha value is -2.07. The van der Waals surface area contributed by atoms with Gasteiger partial charge in [-0.25, -0.2) is 4.79 Å². The quantitative estimate of drug-likeness (QED) is 0.108. The summed E-state index contributed by atoms with van der Waals surface area (Å²) in [5.74, 6) is -5.32. The van der Waals surface area contributed by atoms with Gasteiger partial charge >= 0.3 is 11.9 Å². The Morgan fingerprint density at radius 2 is 1.55 bits per heavy atom. The van der Waals surface area contributed by atoms with Gasteiger partial charge in [-0.05, 0) is 82.6 Å². The van der Waals surface area contributed by atoms with Crippen molar-refractivity contribution in [1.29, 1.82) is 0 Å². The Morgan fingerprint density at radius 1 is 0.803 bits per heavy atom. The number of methoxy groups -OCH3 is 3. The highest BCUT2D eigenvalue weighted by Crippen LogP contribution is 2.53. The molecule has 5 N–H and O–H groups in total. The van der Waals surface area contributed by atoms with Gasteiger partial charge in [-0.3, -0.25) is 4.79 Å². The summed E-state index contributed by atoms with van der Waals surface area (Å²) in [4.78, 5) is 25.5. The maximum atomic E-state index is 13.9. The first-order valence-corrected chi connectivity index (χ1v) is 26.8. The molecule has 6 fully saturated rings. The van der Waals surface area contributed by atoms with Crippen molar-refractivity contribution < 1.29 is 82.5 Å². The van der Waals surface area contributed by atoms with E-state index in [-0.39, 0.29) is 56.5 Å². The molecular weight excluding hydrogens is 944 g/mol. The zero-order valence-electron chi connectivity index (χ0n) is 42.6. The van der Waals surface area contributed by atoms with Gasteiger partial charge in [-0.15, -0.1) is 11.6 Å². The fraction of sp³-hybridized carbons (Fsp3) is 0.849. The zero-order chi connectivity index (χ0) is 51.1. The Kier molecular flexibility index (Phi) is 20.1. The van der Waals surface area contributed by atoms with E-state index in [9.17, 15) is 35.1 Å². The summed E-state index contributed by atoms with van der Waals surface area (Å²) in [7, 11) is 4.41. The molecule has 404 valence electrons. The van der Waals surface area contributed by atoms with E-state index in [1.807, 2.05) is 44.2 Å². The molecule has 6 saturated heterocycles. The number of ether oxygens (including phenoxy) is 10. The Morgan fingerprint density at radius 3 is 2.31 bits per heavy atom. The summed E-state index contributed by atoms with van der Waals surface area (Å²) in [6, 6.07) is 0. The van der Waals surface area contributed by atoms with Crippen molar-refractivity contribution in [2.75, 3.05) is 21.3 Å². The van der Waals surface area contributed by atoms with E-state index in [0.717, 1.165) is 6.42 Å². The largest absolute Gasteiger partial charge is 0.467 e. The summed E-state index contributed by atoms with van der Waals surface area (Å²) < 4.78 is 63.5. The summed E-state index contributed by atoms with van der Waals surface area (Å²) in [5, 5.41) is 55.7.